The van der Waals surface area contributed by atoms with Crippen molar-refractivity contribution in [3.63, 3.8) is 0 Å². The van der Waals surface area contributed by atoms with Gasteiger partial charge in [0, 0.05) is 25.0 Å². The van der Waals surface area contributed by atoms with Crippen LogP contribution in [0.1, 0.15) is 88.0 Å². The Labute approximate surface area is 314 Å². The summed E-state index contributed by atoms with van der Waals surface area (Å²) in [6, 6.07) is -1.05. The normalized spacial score (nSPS) is 42.3. The number of rotatable bonds is 9. The van der Waals surface area contributed by atoms with Gasteiger partial charge < -0.3 is 38.4 Å². The smallest absolute Gasteiger partial charge is 0.411 e. The Bertz CT molecular complexity index is 1430. The zero-order valence-electron chi connectivity index (χ0n) is 33.7. The standard InChI is InChI=1S/C39H62N2O12/c1-14-28-39(9)32-29(41(32)37(47)53-39)21(4)25(15-16-26(24(7)42)35(46)48-12)19(2)18-38(8,49-13)33(22(5)30(43)23(6)34(45)51-28)52-36-31(44)27(40(10)11)17-20(3)50-36/h15,19-23,26-29,31-33,36,44H,14,16-18H2,1-13H3/b25-15+/t19-,20-,21+,22+,23-,26?,27+,28-,29?,31-,32?,33-,36+,38-,39-,41?/m1/s1. The summed E-state index contributed by atoms with van der Waals surface area (Å²) in [5.74, 6) is -5.96. The number of Topliss-reactive ketones (excluding diaryl/α,β-unsaturated/α-hetero) is 2. The molecule has 4 aliphatic heterocycles. The van der Waals surface area contributed by atoms with E-state index in [0.29, 0.717) is 12.8 Å². The molecule has 14 heteroatoms. The second kappa shape index (κ2) is 16.4. The molecule has 1 N–H and O–H groups in total. The van der Waals surface area contributed by atoms with Crippen LogP contribution < -0.4 is 0 Å². The van der Waals surface area contributed by atoms with Crippen LogP contribution in [-0.2, 0) is 47.6 Å². The van der Waals surface area contributed by atoms with Crippen molar-refractivity contribution in [2.75, 3.05) is 28.3 Å². The van der Waals surface area contributed by atoms with Gasteiger partial charge in [-0.05, 0) is 80.3 Å². The maximum absolute atomic E-state index is 14.3. The van der Waals surface area contributed by atoms with E-state index in [1.807, 2.05) is 59.7 Å². The van der Waals surface area contributed by atoms with Crippen LogP contribution in [0.25, 0.3) is 0 Å². The van der Waals surface area contributed by atoms with Crippen molar-refractivity contribution in [3.05, 3.63) is 11.6 Å². The van der Waals surface area contributed by atoms with Crippen molar-refractivity contribution >= 4 is 29.6 Å². The maximum Gasteiger partial charge on any atom is 0.411 e. The number of methoxy groups -OCH3 is 2. The van der Waals surface area contributed by atoms with E-state index >= 15 is 0 Å². The van der Waals surface area contributed by atoms with E-state index in [9.17, 15) is 29.1 Å². The van der Waals surface area contributed by atoms with Gasteiger partial charge in [0.15, 0.2) is 17.7 Å². The molecule has 0 aromatic rings. The number of amides is 1. The second-order valence-corrected chi connectivity index (χ2v) is 16.3. The van der Waals surface area contributed by atoms with Crippen molar-refractivity contribution in [2.45, 2.75) is 148 Å². The summed E-state index contributed by atoms with van der Waals surface area (Å²) in [5.41, 5.74) is -1.55. The Morgan fingerprint density at radius 3 is 2.26 bits per heavy atom. The number of fused-ring (bicyclic) bond motifs is 1. The van der Waals surface area contributed by atoms with Crippen LogP contribution in [0.5, 0.6) is 0 Å². The zero-order valence-corrected chi connectivity index (χ0v) is 33.7. The van der Waals surface area contributed by atoms with E-state index < -0.39 is 83.4 Å². The van der Waals surface area contributed by atoms with Crippen LogP contribution in [0.15, 0.2) is 11.6 Å². The fraction of sp³-hybridized carbons (Fsp3) is 0.821. The number of likely N-dealkylation sites (N-methyl/N-ethyl adjacent to an activating group) is 1. The van der Waals surface area contributed by atoms with E-state index in [-0.39, 0.29) is 48.6 Å². The maximum atomic E-state index is 14.3. The molecule has 0 aromatic carbocycles. The Morgan fingerprint density at radius 1 is 1.08 bits per heavy atom. The molecule has 4 heterocycles. The topological polar surface area (TPSA) is 167 Å². The minimum absolute atomic E-state index is 0.0717. The first-order valence-electron chi connectivity index (χ1n) is 18.9. The number of carbonyl (C=O) groups excluding carboxylic acids is 5. The molecular weight excluding hydrogens is 688 g/mol. The largest absolute Gasteiger partial charge is 0.468 e. The highest BCUT2D eigenvalue weighted by Crippen LogP contribution is 2.54. The molecule has 0 spiro atoms. The number of allylic oxidation sites excluding steroid dienone is 1. The molecule has 4 aliphatic rings. The van der Waals surface area contributed by atoms with Gasteiger partial charge in [-0.3, -0.25) is 24.1 Å². The van der Waals surface area contributed by atoms with Gasteiger partial charge in [0.05, 0.1) is 37.0 Å². The molecule has 1 amide bonds. The number of hydrogen-bond donors (Lipinski definition) is 1. The Hall–Kier alpha value is -2.91. The fourth-order valence-electron chi connectivity index (χ4n) is 9.17. The number of carbonyl (C=O) groups is 5. The lowest BCUT2D eigenvalue weighted by Crippen LogP contribution is -2.59. The van der Waals surface area contributed by atoms with Gasteiger partial charge in [-0.15, -0.1) is 0 Å². The molecule has 0 bridgehead atoms. The van der Waals surface area contributed by atoms with Crippen LogP contribution in [0.3, 0.4) is 0 Å². The predicted molar refractivity (Wildman–Crippen MR) is 192 cm³/mol. The Balaban J connectivity index is 1.86. The molecule has 4 fully saturated rings. The highest BCUT2D eigenvalue weighted by molar-refractivity contribution is 6.00. The molecule has 53 heavy (non-hydrogen) atoms. The van der Waals surface area contributed by atoms with E-state index in [4.69, 9.17) is 28.4 Å². The van der Waals surface area contributed by atoms with Gasteiger partial charge in [0.2, 0.25) is 0 Å². The van der Waals surface area contributed by atoms with Crippen LogP contribution in [-0.4, -0.2) is 133 Å². The van der Waals surface area contributed by atoms with Gasteiger partial charge in [0.25, 0.3) is 0 Å². The van der Waals surface area contributed by atoms with Crippen LogP contribution >= 0.6 is 0 Å². The number of cyclic esters (lactones) is 1. The van der Waals surface area contributed by atoms with Crippen molar-refractivity contribution in [1.29, 1.82) is 0 Å². The molecule has 15 atom stereocenters. The van der Waals surface area contributed by atoms with Crippen molar-refractivity contribution in [1.82, 2.24) is 9.80 Å². The molecule has 0 aliphatic carbocycles. The summed E-state index contributed by atoms with van der Waals surface area (Å²) < 4.78 is 36.0. The first kappa shape index (κ1) is 42.8. The summed E-state index contributed by atoms with van der Waals surface area (Å²) in [7, 11) is 6.50. The third-order valence-corrected chi connectivity index (χ3v) is 12.4. The molecule has 300 valence electrons. The number of esters is 2. The lowest BCUT2D eigenvalue weighted by Gasteiger charge is -2.47. The van der Waals surface area contributed by atoms with Gasteiger partial charge in [-0.25, -0.2) is 4.79 Å². The number of aliphatic hydroxyl groups excluding tert-OH is 1. The average molecular weight is 751 g/mol. The van der Waals surface area contributed by atoms with E-state index in [1.54, 1.807) is 18.7 Å². The number of ketones is 2. The van der Waals surface area contributed by atoms with Gasteiger partial charge in [0.1, 0.15) is 29.8 Å². The third kappa shape index (κ3) is 8.22. The number of nitrogens with zero attached hydrogens (tertiary/aromatic N) is 2. The Morgan fingerprint density at radius 2 is 1.72 bits per heavy atom. The van der Waals surface area contributed by atoms with Crippen LogP contribution in [0, 0.1) is 29.6 Å². The molecule has 0 radical (unpaired) electrons. The summed E-state index contributed by atoms with van der Waals surface area (Å²) in [6.45, 7) is 15.8. The minimum Gasteiger partial charge on any atom is -0.468 e. The molecule has 14 nitrogen and oxygen atoms in total. The van der Waals surface area contributed by atoms with Gasteiger partial charge in [-0.1, -0.05) is 39.3 Å². The summed E-state index contributed by atoms with van der Waals surface area (Å²) >= 11 is 0. The minimum atomic E-state index is -1.21. The first-order valence-corrected chi connectivity index (χ1v) is 18.9. The molecule has 4 rings (SSSR count). The number of ether oxygens (including phenoxy) is 6. The van der Waals surface area contributed by atoms with Crippen LogP contribution in [0.4, 0.5) is 4.79 Å². The van der Waals surface area contributed by atoms with Crippen molar-refractivity contribution in [2.24, 2.45) is 29.6 Å². The van der Waals surface area contributed by atoms with Crippen LogP contribution in [0.2, 0.25) is 0 Å². The highest BCUT2D eigenvalue weighted by Gasteiger charge is 2.73. The van der Waals surface area contributed by atoms with E-state index in [0.717, 1.165) is 5.57 Å². The fourth-order valence-corrected chi connectivity index (χ4v) is 9.17. The summed E-state index contributed by atoms with van der Waals surface area (Å²) in [4.78, 5) is 70.3. The molecule has 3 unspecified atom stereocenters. The van der Waals surface area contributed by atoms with E-state index in [2.05, 4.69) is 0 Å². The highest BCUT2D eigenvalue weighted by atomic mass is 16.7. The molecule has 0 saturated carbocycles. The second-order valence-electron chi connectivity index (χ2n) is 16.3. The lowest BCUT2D eigenvalue weighted by atomic mass is 9.74. The zero-order chi connectivity index (χ0) is 39.9. The monoisotopic (exact) mass is 750 g/mol. The first-order chi connectivity index (χ1) is 24.7. The van der Waals surface area contributed by atoms with Gasteiger partial charge >= 0.3 is 18.0 Å². The van der Waals surface area contributed by atoms with Crippen molar-refractivity contribution in [3.8, 4) is 0 Å². The van der Waals surface area contributed by atoms with Crippen molar-refractivity contribution < 1.29 is 57.5 Å². The molecule has 0 aromatic heterocycles. The predicted octanol–water partition coefficient (Wildman–Crippen LogP) is 3.70. The third-order valence-electron chi connectivity index (χ3n) is 12.4. The number of hydrogen-bond acceptors (Lipinski definition) is 13. The summed E-state index contributed by atoms with van der Waals surface area (Å²) in [6.07, 6.45) is -1.72. The summed E-state index contributed by atoms with van der Waals surface area (Å²) in [5, 5.41) is 11.5. The molecular formula is C39H62N2O12. The average Bonchev–Trinajstić information content (AvgIpc) is 3.81. The Kier molecular flexibility index (Phi) is 13.3. The van der Waals surface area contributed by atoms with Gasteiger partial charge in [-0.2, -0.15) is 0 Å². The molecule has 4 saturated heterocycles. The quantitative estimate of drug-likeness (QED) is 0.119. The lowest BCUT2D eigenvalue weighted by molar-refractivity contribution is -0.295. The SMILES string of the molecule is CC[C@H]1OC(=O)[C@H](C)C(=O)[C@H](C)[C@@H](O[C@@H]2O[C@H](C)C[C@H](N(C)C)[C@H]2O)[C@](C)(OC)C[C@@H](C)/C(=C\CC(C(C)=O)C(=O)OC)[C@H](C)C2C3N2C(=O)O[C@@]31C. The van der Waals surface area contributed by atoms with E-state index in [1.165, 1.54) is 28.1 Å². The number of aliphatic hydroxyl groups is 1.